The number of benzene rings is 2. The van der Waals surface area contributed by atoms with E-state index in [-0.39, 0.29) is 24.9 Å². The first-order chi connectivity index (χ1) is 12.5. The molecule has 0 bridgehead atoms. The predicted octanol–water partition coefficient (Wildman–Crippen LogP) is 3.17. The second-order valence-corrected chi connectivity index (χ2v) is 6.06. The Morgan fingerprint density at radius 1 is 1.12 bits per heavy atom. The number of amides is 3. The Balaban J connectivity index is 1.78. The van der Waals surface area contributed by atoms with Crippen LogP contribution in [0.15, 0.2) is 48.5 Å². The standard InChI is InChI=1S/C20H25N3O3/c1-15-9-10-18(26-3)16(13-15)14-23(2)19(24)11-12-21-20(25)22-17-7-5-4-6-8-17/h4-10,13H,11-12,14H2,1-3H3,(H2,21,22,25). The lowest BCUT2D eigenvalue weighted by Crippen LogP contribution is -2.34. The summed E-state index contributed by atoms with van der Waals surface area (Å²) in [6.07, 6.45) is 0.229. The number of ether oxygens (including phenoxy) is 1. The monoisotopic (exact) mass is 355 g/mol. The molecule has 0 spiro atoms. The van der Waals surface area contributed by atoms with E-state index in [0.29, 0.717) is 12.2 Å². The van der Waals surface area contributed by atoms with Crippen LogP contribution in [0.25, 0.3) is 0 Å². The summed E-state index contributed by atoms with van der Waals surface area (Å²) in [5, 5.41) is 5.40. The Labute approximate surface area is 154 Å². The first kappa shape index (κ1) is 19.3. The molecule has 2 aromatic rings. The molecule has 0 fully saturated rings. The van der Waals surface area contributed by atoms with Crippen LogP contribution < -0.4 is 15.4 Å². The molecule has 0 aromatic heterocycles. The smallest absolute Gasteiger partial charge is 0.319 e. The van der Waals surface area contributed by atoms with Gasteiger partial charge < -0.3 is 20.3 Å². The molecule has 0 aliphatic carbocycles. The highest BCUT2D eigenvalue weighted by molar-refractivity contribution is 5.89. The van der Waals surface area contributed by atoms with Crippen LogP contribution in [0.2, 0.25) is 0 Å². The fourth-order valence-corrected chi connectivity index (χ4v) is 2.55. The van der Waals surface area contributed by atoms with Gasteiger partial charge in [0.2, 0.25) is 5.91 Å². The highest BCUT2D eigenvalue weighted by atomic mass is 16.5. The Morgan fingerprint density at radius 2 is 1.85 bits per heavy atom. The normalized spacial score (nSPS) is 10.1. The minimum atomic E-state index is -0.327. The molecule has 6 nitrogen and oxygen atoms in total. The van der Waals surface area contributed by atoms with Crippen LogP contribution in [0.3, 0.4) is 0 Å². The van der Waals surface area contributed by atoms with E-state index in [1.807, 2.05) is 43.3 Å². The van der Waals surface area contributed by atoms with Gasteiger partial charge in [-0.3, -0.25) is 4.79 Å². The lowest BCUT2D eigenvalue weighted by atomic mass is 10.1. The zero-order valence-electron chi connectivity index (χ0n) is 15.4. The van der Waals surface area contributed by atoms with Gasteiger partial charge in [0.15, 0.2) is 0 Å². The van der Waals surface area contributed by atoms with E-state index >= 15 is 0 Å². The van der Waals surface area contributed by atoms with Crippen molar-refractivity contribution in [3.05, 3.63) is 59.7 Å². The molecule has 2 N–H and O–H groups in total. The number of para-hydroxylation sites is 1. The molecule has 0 atom stereocenters. The number of nitrogens with zero attached hydrogens (tertiary/aromatic N) is 1. The molecule has 0 unspecified atom stereocenters. The average molecular weight is 355 g/mol. The Hall–Kier alpha value is -3.02. The average Bonchev–Trinajstić information content (AvgIpc) is 2.62. The minimum absolute atomic E-state index is 0.0476. The van der Waals surface area contributed by atoms with Gasteiger partial charge in [-0.1, -0.05) is 35.9 Å². The largest absolute Gasteiger partial charge is 0.496 e. The third-order valence-corrected chi connectivity index (χ3v) is 3.93. The van der Waals surface area contributed by atoms with Gasteiger partial charge in [0, 0.05) is 37.8 Å². The molecular formula is C20H25N3O3. The van der Waals surface area contributed by atoms with Gasteiger partial charge in [-0.15, -0.1) is 0 Å². The third kappa shape index (κ3) is 5.81. The highest BCUT2D eigenvalue weighted by Crippen LogP contribution is 2.21. The van der Waals surface area contributed by atoms with E-state index in [9.17, 15) is 9.59 Å². The fraction of sp³-hybridized carbons (Fsp3) is 0.300. The molecule has 0 heterocycles. The SMILES string of the molecule is COc1ccc(C)cc1CN(C)C(=O)CCNC(=O)Nc1ccccc1. The predicted molar refractivity (Wildman–Crippen MR) is 102 cm³/mol. The third-order valence-electron chi connectivity index (χ3n) is 3.93. The summed E-state index contributed by atoms with van der Waals surface area (Å²) in [5.74, 6) is 0.712. The Bertz CT molecular complexity index is 747. The van der Waals surface area contributed by atoms with Gasteiger partial charge in [0.1, 0.15) is 5.75 Å². The summed E-state index contributed by atoms with van der Waals surface area (Å²) >= 11 is 0. The topological polar surface area (TPSA) is 70.7 Å². The Morgan fingerprint density at radius 3 is 2.54 bits per heavy atom. The first-order valence-corrected chi connectivity index (χ1v) is 8.47. The number of carbonyl (C=O) groups excluding carboxylic acids is 2. The second kappa shape index (κ2) is 9.46. The highest BCUT2D eigenvalue weighted by Gasteiger charge is 2.12. The van der Waals surface area contributed by atoms with Crippen molar-refractivity contribution in [1.29, 1.82) is 0 Å². The maximum atomic E-state index is 12.3. The number of aryl methyl sites for hydroxylation is 1. The maximum Gasteiger partial charge on any atom is 0.319 e. The van der Waals surface area contributed by atoms with Crippen molar-refractivity contribution in [3.63, 3.8) is 0 Å². The maximum absolute atomic E-state index is 12.3. The lowest BCUT2D eigenvalue weighted by Gasteiger charge is -2.19. The molecule has 138 valence electrons. The summed E-state index contributed by atoms with van der Waals surface area (Å²) in [6.45, 7) is 2.73. The molecule has 6 heteroatoms. The van der Waals surface area contributed by atoms with Crippen LogP contribution in [-0.4, -0.2) is 37.5 Å². The number of hydrogen-bond donors (Lipinski definition) is 2. The van der Waals surface area contributed by atoms with Crippen molar-refractivity contribution >= 4 is 17.6 Å². The van der Waals surface area contributed by atoms with Crippen LogP contribution >= 0.6 is 0 Å². The number of urea groups is 1. The molecular weight excluding hydrogens is 330 g/mol. The van der Waals surface area contributed by atoms with Gasteiger partial charge in [-0.05, 0) is 25.1 Å². The molecule has 0 radical (unpaired) electrons. The van der Waals surface area contributed by atoms with Gasteiger partial charge in [0.25, 0.3) is 0 Å². The lowest BCUT2D eigenvalue weighted by molar-refractivity contribution is -0.130. The van der Waals surface area contributed by atoms with Crippen molar-refractivity contribution in [1.82, 2.24) is 10.2 Å². The molecule has 26 heavy (non-hydrogen) atoms. The number of anilines is 1. The fourth-order valence-electron chi connectivity index (χ4n) is 2.55. The van der Waals surface area contributed by atoms with Gasteiger partial charge in [-0.25, -0.2) is 4.79 Å². The number of rotatable bonds is 7. The molecule has 2 rings (SSSR count). The van der Waals surface area contributed by atoms with E-state index in [0.717, 1.165) is 16.9 Å². The Kier molecular flexibility index (Phi) is 7.02. The number of carbonyl (C=O) groups is 2. The summed E-state index contributed by atoms with van der Waals surface area (Å²) in [6, 6.07) is 14.7. The van der Waals surface area contributed by atoms with Crippen LogP contribution in [-0.2, 0) is 11.3 Å². The van der Waals surface area contributed by atoms with Gasteiger partial charge in [-0.2, -0.15) is 0 Å². The summed E-state index contributed by atoms with van der Waals surface area (Å²) in [5.41, 5.74) is 2.78. The van der Waals surface area contributed by atoms with Crippen molar-refractivity contribution in [2.75, 3.05) is 26.0 Å². The number of nitrogens with one attached hydrogen (secondary N) is 2. The molecule has 2 aromatic carbocycles. The second-order valence-electron chi connectivity index (χ2n) is 6.06. The number of methoxy groups -OCH3 is 1. The van der Waals surface area contributed by atoms with Gasteiger partial charge >= 0.3 is 6.03 Å². The molecule has 0 aliphatic rings. The van der Waals surface area contributed by atoms with Crippen molar-refractivity contribution in [3.8, 4) is 5.75 Å². The van der Waals surface area contributed by atoms with Crippen molar-refractivity contribution in [2.24, 2.45) is 0 Å². The minimum Gasteiger partial charge on any atom is -0.496 e. The zero-order chi connectivity index (χ0) is 18.9. The number of hydrogen-bond acceptors (Lipinski definition) is 3. The van der Waals surface area contributed by atoms with E-state index in [2.05, 4.69) is 10.6 Å². The van der Waals surface area contributed by atoms with Crippen LogP contribution in [0.5, 0.6) is 5.75 Å². The van der Waals surface area contributed by atoms with E-state index in [1.54, 1.807) is 31.2 Å². The van der Waals surface area contributed by atoms with E-state index < -0.39 is 0 Å². The van der Waals surface area contributed by atoms with Gasteiger partial charge in [0.05, 0.1) is 7.11 Å². The molecule has 3 amide bonds. The summed E-state index contributed by atoms with van der Waals surface area (Å²) < 4.78 is 5.35. The molecule has 0 aliphatic heterocycles. The molecule has 0 saturated carbocycles. The van der Waals surface area contributed by atoms with Crippen molar-refractivity contribution in [2.45, 2.75) is 19.9 Å². The van der Waals surface area contributed by atoms with E-state index in [1.165, 1.54) is 0 Å². The van der Waals surface area contributed by atoms with Crippen LogP contribution in [0.4, 0.5) is 10.5 Å². The van der Waals surface area contributed by atoms with E-state index in [4.69, 9.17) is 4.74 Å². The molecule has 0 saturated heterocycles. The van der Waals surface area contributed by atoms with Crippen molar-refractivity contribution < 1.29 is 14.3 Å². The van der Waals surface area contributed by atoms with Crippen LogP contribution in [0.1, 0.15) is 17.5 Å². The summed E-state index contributed by atoms with van der Waals surface area (Å²) in [7, 11) is 3.36. The van der Waals surface area contributed by atoms with Crippen LogP contribution in [0, 0.1) is 6.92 Å². The summed E-state index contributed by atoms with van der Waals surface area (Å²) in [4.78, 5) is 25.7. The zero-order valence-corrected chi connectivity index (χ0v) is 15.4. The first-order valence-electron chi connectivity index (χ1n) is 8.47. The quantitative estimate of drug-likeness (QED) is 0.801.